The van der Waals surface area contributed by atoms with E-state index >= 15 is 0 Å². The van der Waals surface area contributed by atoms with Gasteiger partial charge < -0.3 is 9.80 Å². The monoisotopic (exact) mass is 903 g/mol. The highest BCUT2D eigenvalue weighted by molar-refractivity contribution is 7.00. The van der Waals surface area contributed by atoms with Crippen molar-refractivity contribution in [3.8, 4) is 22.3 Å². The molecule has 7 aromatic rings. The molecule has 0 aromatic heterocycles. The molecule has 0 unspecified atom stereocenters. The molecule has 0 saturated heterocycles. The standard InChI is InChI=1S/C66H71BN2/c1-40-27-28-42(41-21-16-15-17-22-41)33-54(40)69-56-39-50-48(63(7,8)30-32-65(50,11)12)37-52(56)67-51-36-47-49(64(9,10)31-29-62(47,5)6)38-55(51)68(57-34-43(61(2,3)4)35-58(69)60(57)67)53-26-20-25-46-59(53)44-23-18-19-24-45(44)66(46,13)14/h15-28,33-39H,29-32H2,1-14H3. The quantitative estimate of drug-likeness (QED) is 0.163. The van der Waals surface area contributed by atoms with Crippen LogP contribution in [0.3, 0.4) is 0 Å². The predicted molar refractivity (Wildman–Crippen MR) is 297 cm³/mol. The molecular weight excluding hydrogens is 832 g/mol. The van der Waals surface area contributed by atoms with Gasteiger partial charge in [0.05, 0.1) is 5.69 Å². The molecule has 0 bridgehead atoms. The molecule has 0 radical (unpaired) electrons. The van der Waals surface area contributed by atoms with Gasteiger partial charge in [-0.1, -0.05) is 181 Å². The third-order valence-corrected chi connectivity index (χ3v) is 18.3. The summed E-state index contributed by atoms with van der Waals surface area (Å²) >= 11 is 0. The van der Waals surface area contributed by atoms with Gasteiger partial charge in [0, 0.05) is 39.4 Å². The lowest BCUT2D eigenvalue weighted by atomic mass is 9.32. The third kappa shape index (κ3) is 6.37. The minimum Gasteiger partial charge on any atom is -0.311 e. The van der Waals surface area contributed by atoms with Crippen molar-refractivity contribution in [2.45, 2.75) is 155 Å². The van der Waals surface area contributed by atoms with Gasteiger partial charge in [0.15, 0.2) is 0 Å². The molecule has 0 amide bonds. The number of hydrogen-bond acceptors (Lipinski definition) is 2. The van der Waals surface area contributed by atoms with Crippen LogP contribution in [0.4, 0.5) is 34.1 Å². The zero-order valence-electron chi connectivity index (χ0n) is 43.9. The molecule has 0 spiro atoms. The first-order chi connectivity index (χ1) is 32.5. The molecule has 0 saturated carbocycles. The number of fused-ring (bicyclic) bond motifs is 9. The topological polar surface area (TPSA) is 6.48 Å². The van der Waals surface area contributed by atoms with Crippen LogP contribution in [-0.2, 0) is 32.5 Å². The average Bonchev–Trinajstić information content (AvgIpc) is 3.55. The lowest BCUT2D eigenvalue weighted by molar-refractivity contribution is 0.332. The summed E-state index contributed by atoms with van der Waals surface area (Å²) in [6, 6.07) is 50.6. The summed E-state index contributed by atoms with van der Waals surface area (Å²) < 4.78 is 0. The van der Waals surface area contributed by atoms with Crippen LogP contribution < -0.4 is 26.2 Å². The first kappa shape index (κ1) is 44.4. The summed E-state index contributed by atoms with van der Waals surface area (Å²) in [7, 11) is 0. The van der Waals surface area contributed by atoms with E-state index in [1.165, 1.54) is 143 Å². The molecule has 12 rings (SSSR count). The highest BCUT2D eigenvalue weighted by Gasteiger charge is 2.50. The van der Waals surface area contributed by atoms with E-state index in [0.29, 0.717) is 0 Å². The Morgan fingerprint density at radius 1 is 0.420 bits per heavy atom. The fourth-order valence-corrected chi connectivity index (χ4v) is 13.6. The molecule has 348 valence electrons. The fraction of sp³-hybridized carbons (Fsp3) is 0.364. The van der Waals surface area contributed by atoms with Crippen molar-refractivity contribution in [1.82, 2.24) is 0 Å². The molecule has 2 heterocycles. The maximum atomic E-state index is 2.76. The minimum absolute atomic E-state index is 0.0249. The van der Waals surface area contributed by atoms with Gasteiger partial charge in [0.1, 0.15) is 0 Å². The van der Waals surface area contributed by atoms with E-state index in [1.54, 1.807) is 0 Å². The normalized spacial score (nSPS) is 19.1. The Morgan fingerprint density at radius 3 is 1.46 bits per heavy atom. The van der Waals surface area contributed by atoms with Crippen LogP contribution >= 0.6 is 0 Å². The van der Waals surface area contributed by atoms with Crippen LogP contribution in [-0.4, -0.2) is 6.71 Å². The SMILES string of the molecule is Cc1ccc(-c2ccccc2)cc1N1c2cc3c(cc2B2c4cc5c(cc4N(c4cccc6c4-c4ccccc4C6(C)C)c4cc(C(C)(C)C)cc1c42)C(C)(C)CCC5(C)C)C(C)(C)CCC3(C)C. The fourth-order valence-electron chi connectivity index (χ4n) is 13.6. The molecule has 2 nitrogen and oxygen atoms in total. The Morgan fingerprint density at radius 2 is 0.913 bits per heavy atom. The van der Waals surface area contributed by atoms with E-state index in [0.717, 1.165) is 0 Å². The summed E-state index contributed by atoms with van der Waals surface area (Å²) in [5.74, 6) is 0. The predicted octanol–water partition coefficient (Wildman–Crippen LogP) is 16.0. The number of aryl methyl sites for hydroxylation is 1. The first-order valence-electron chi connectivity index (χ1n) is 26.1. The Hall–Kier alpha value is -5.80. The maximum absolute atomic E-state index is 2.76. The first-order valence-corrected chi connectivity index (χ1v) is 26.1. The lowest BCUT2D eigenvalue weighted by Gasteiger charge is -2.49. The number of hydrogen-bond donors (Lipinski definition) is 0. The van der Waals surface area contributed by atoms with Gasteiger partial charge in [-0.15, -0.1) is 0 Å². The second-order valence-corrected chi connectivity index (χ2v) is 26.0. The summed E-state index contributed by atoms with van der Waals surface area (Å²) in [5, 5.41) is 0. The molecule has 0 N–H and O–H groups in total. The molecule has 2 aliphatic heterocycles. The Labute approximate surface area is 414 Å². The van der Waals surface area contributed by atoms with Crippen molar-refractivity contribution in [2.24, 2.45) is 0 Å². The molecule has 5 aliphatic rings. The van der Waals surface area contributed by atoms with Crippen LogP contribution in [0.5, 0.6) is 0 Å². The van der Waals surface area contributed by atoms with Crippen LogP contribution in [0, 0.1) is 6.92 Å². The van der Waals surface area contributed by atoms with Crippen LogP contribution in [0.25, 0.3) is 22.3 Å². The minimum atomic E-state index is -0.131. The third-order valence-electron chi connectivity index (χ3n) is 18.3. The molecule has 69 heavy (non-hydrogen) atoms. The summed E-state index contributed by atoms with van der Waals surface area (Å²) in [6.07, 6.45) is 4.69. The van der Waals surface area contributed by atoms with Crippen molar-refractivity contribution >= 4 is 57.2 Å². The van der Waals surface area contributed by atoms with Gasteiger partial charge >= 0.3 is 0 Å². The van der Waals surface area contributed by atoms with Crippen molar-refractivity contribution in [2.75, 3.05) is 9.80 Å². The Bertz CT molecular complexity index is 3320. The zero-order valence-corrected chi connectivity index (χ0v) is 43.9. The zero-order chi connectivity index (χ0) is 48.5. The average molecular weight is 903 g/mol. The van der Waals surface area contributed by atoms with Gasteiger partial charge in [-0.3, -0.25) is 0 Å². The van der Waals surface area contributed by atoms with Crippen molar-refractivity contribution in [1.29, 1.82) is 0 Å². The van der Waals surface area contributed by atoms with Crippen LogP contribution in [0.1, 0.15) is 160 Å². The van der Waals surface area contributed by atoms with Crippen molar-refractivity contribution < 1.29 is 0 Å². The summed E-state index contributed by atoms with van der Waals surface area (Å²) in [4.78, 5) is 5.48. The lowest BCUT2D eigenvalue weighted by Crippen LogP contribution is -2.62. The van der Waals surface area contributed by atoms with Gasteiger partial charge in [-0.25, -0.2) is 0 Å². The molecule has 3 heteroatoms. The number of benzene rings is 7. The highest BCUT2D eigenvalue weighted by Crippen LogP contribution is 2.58. The van der Waals surface area contributed by atoms with E-state index < -0.39 is 0 Å². The molecule has 3 aliphatic carbocycles. The molecule has 0 atom stereocenters. The number of rotatable bonds is 3. The van der Waals surface area contributed by atoms with Gasteiger partial charge in [0.2, 0.25) is 0 Å². The highest BCUT2D eigenvalue weighted by atomic mass is 15.2. The number of anilines is 6. The van der Waals surface area contributed by atoms with E-state index in [4.69, 9.17) is 0 Å². The van der Waals surface area contributed by atoms with E-state index in [2.05, 4.69) is 234 Å². The Kier molecular flexibility index (Phi) is 9.27. The second-order valence-electron chi connectivity index (χ2n) is 26.0. The van der Waals surface area contributed by atoms with Gasteiger partial charge in [-0.05, 0) is 174 Å². The largest absolute Gasteiger partial charge is 0.311 e. The van der Waals surface area contributed by atoms with Crippen LogP contribution in [0.15, 0.2) is 127 Å². The molecule has 0 fully saturated rings. The van der Waals surface area contributed by atoms with Gasteiger partial charge in [-0.2, -0.15) is 0 Å². The number of nitrogens with zero attached hydrogens (tertiary/aromatic N) is 2. The Balaban J connectivity index is 1.26. The van der Waals surface area contributed by atoms with Crippen molar-refractivity contribution in [3.05, 3.63) is 172 Å². The van der Waals surface area contributed by atoms with Crippen LogP contribution in [0.2, 0.25) is 0 Å². The second kappa shape index (κ2) is 14.4. The van der Waals surface area contributed by atoms with E-state index in [9.17, 15) is 0 Å². The summed E-state index contributed by atoms with van der Waals surface area (Å²) in [5.41, 5.74) is 28.7. The van der Waals surface area contributed by atoms with Crippen molar-refractivity contribution in [3.63, 3.8) is 0 Å². The van der Waals surface area contributed by atoms with E-state index in [1.807, 2.05) is 0 Å². The smallest absolute Gasteiger partial charge is 0.252 e. The molecule has 7 aromatic carbocycles. The maximum Gasteiger partial charge on any atom is 0.252 e. The van der Waals surface area contributed by atoms with E-state index in [-0.39, 0.29) is 39.2 Å². The summed E-state index contributed by atoms with van der Waals surface area (Å²) in [6.45, 7) is 34.4. The van der Waals surface area contributed by atoms with Gasteiger partial charge in [0.25, 0.3) is 6.71 Å². The molecular formula is C66H71BN2.